The number of halogens is 2. The molecule has 8 nitrogen and oxygen atoms in total. The van der Waals surface area contributed by atoms with Gasteiger partial charge in [0.15, 0.2) is 4.80 Å². The van der Waals surface area contributed by atoms with Gasteiger partial charge in [0.05, 0.1) is 40.8 Å². The molecule has 0 unspecified atom stereocenters. The minimum atomic E-state index is -3.56. The van der Waals surface area contributed by atoms with Gasteiger partial charge in [-0.15, -0.1) is 11.3 Å². The lowest BCUT2D eigenvalue weighted by molar-refractivity contribution is 0.0730. The van der Waals surface area contributed by atoms with E-state index < -0.39 is 10.0 Å². The highest BCUT2D eigenvalue weighted by Crippen LogP contribution is 2.31. The molecule has 0 N–H and O–H groups in total. The Kier molecular flexibility index (Phi) is 8.13. The molecule has 5 rings (SSSR count). The largest absolute Gasteiger partial charge is 0.379 e. The fourth-order valence-electron chi connectivity index (χ4n) is 4.11. The van der Waals surface area contributed by atoms with E-state index in [1.165, 1.54) is 15.6 Å². The zero-order chi connectivity index (χ0) is 25.8. The van der Waals surface area contributed by atoms with Crippen molar-refractivity contribution in [2.45, 2.75) is 24.4 Å². The number of nitrogens with zero attached hydrogens (tertiary/aromatic N) is 5. The van der Waals surface area contributed by atoms with Crippen LogP contribution < -0.4 is 4.80 Å². The maximum absolute atomic E-state index is 13.0. The minimum absolute atomic E-state index is 0.249. The smallest absolute Gasteiger partial charge is 0.243 e. The average Bonchev–Trinajstić information content (AvgIpc) is 3.57. The maximum atomic E-state index is 13.0. The molecule has 2 aromatic heterocycles. The first kappa shape index (κ1) is 26.1. The van der Waals surface area contributed by atoms with Gasteiger partial charge in [0.25, 0.3) is 0 Å². The number of benzene rings is 2. The second kappa shape index (κ2) is 11.5. The van der Waals surface area contributed by atoms with Crippen LogP contribution in [0.15, 0.2) is 76.5 Å². The highest BCUT2D eigenvalue weighted by atomic mass is 35.5. The van der Waals surface area contributed by atoms with Crippen LogP contribution in [-0.4, -0.2) is 53.1 Å². The average molecular weight is 579 g/mol. The molecule has 0 amide bonds. The summed E-state index contributed by atoms with van der Waals surface area (Å²) >= 11 is 14.3. The number of hydrogen-bond donors (Lipinski definition) is 0. The number of hydrogen-bond acceptors (Lipinski definition) is 6. The van der Waals surface area contributed by atoms with Crippen molar-refractivity contribution in [3.05, 3.63) is 81.4 Å². The number of morpholine rings is 1. The molecule has 1 aliphatic rings. The number of aromatic nitrogens is 3. The van der Waals surface area contributed by atoms with Gasteiger partial charge in [-0.1, -0.05) is 23.2 Å². The highest BCUT2D eigenvalue weighted by Gasteiger charge is 2.26. The van der Waals surface area contributed by atoms with Crippen LogP contribution in [0.1, 0.15) is 6.42 Å². The van der Waals surface area contributed by atoms with E-state index in [1.54, 1.807) is 48.9 Å². The summed E-state index contributed by atoms with van der Waals surface area (Å²) in [5, 5.41) is 3.23. The van der Waals surface area contributed by atoms with E-state index in [9.17, 15) is 8.42 Å². The summed E-state index contributed by atoms with van der Waals surface area (Å²) in [6.45, 7) is 3.03. The van der Waals surface area contributed by atoms with E-state index in [0.717, 1.165) is 29.0 Å². The lowest BCUT2D eigenvalue weighted by atomic mass is 10.1. The summed E-state index contributed by atoms with van der Waals surface area (Å²) < 4.78 is 36.8. The van der Waals surface area contributed by atoms with E-state index >= 15 is 0 Å². The van der Waals surface area contributed by atoms with Gasteiger partial charge >= 0.3 is 0 Å². The van der Waals surface area contributed by atoms with E-state index in [0.29, 0.717) is 48.6 Å². The molecule has 1 aliphatic heterocycles. The van der Waals surface area contributed by atoms with Crippen LogP contribution in [0.5, 0.6) is 0 Å². The summed E-state index contributed by atoms with van der Waals surface area (Å²) in [6, 6.07) is 12.1. The normalized spacial score (nSPS) is 15.4. The van der Waals surface area contributed by atoms with Crippen molar-refractivity contribution in [3.63, 3.8) is 0 Å². The Morgan fingerprint density at radius 1 is 1.05 bits per heavy atom. The number of aryl methyl sites for hydroxylation is 1. The summed E-state index contributed by atoms with van der Waals surface area (Å²) in [6.07, 6.45) is 6.34. The van der Waals surface area contributed by atoms with E-state index in [4.69, 9.17) is 32.9 Å². The number of rotatable bonds is 8. The molecule has 1 fully saturated rings. The van der Waals surface area contributed by atoms with Crippen molar-refractivity contribution in [1.82, 2.24) is 18.4 Å². The van der Waals surface area contributed by atoms with Crippen LogP contribution in [0.4, 0.5) is 5.69 Å². The van der Waals surface area contributed by atoms with Gasteiger partial charge in [-0.25, -0.2) is 18.4 Å². The highest BCUT2D eigenvalue weighted by molar-refractivity contribution is 7.89. The van der Waals surface area contributed by atoms with E-state index in [-0.39, 0.29) is 4.90 Å². The molecule has 0 atom stereocenters. The predicted molar refractivity (Wildman–Crippen MR) is 146 cm³/mol. The molecule has 37 heavy (non-hydrogen) atoms. The summed E-state index contributed by atoms with van der Waals surface area (Å²) in [7, 11) is -3.56. The number of sulfonamides is 1. The first-order valence-corrected chi connectivity index (χ1v) is 14.8. The van der Waals surface area contributed by atoms with Crippen molar-refractivity contribution in [2.24, 2.45) is 4.99 Å². The van der Waals surface area contributed by atoms with Gasteiger partial charge in [0.2, 0.25) is 10.0 Å². The van der Waals surface area contributed by atoms with Gasteiger partial charge < -0.3 is 13.9 Å². The van der Waals surface area contributed by atoms with Crippen LogP contribution in [-0.2, 0) is 27.8 Å². The molecule has 12 heteroatoms. The Balaban J connectivity index is 1.46. The van der Waals surface area contributed by atoms with Gasteiger partial charge in [-0.2, -0.15) is 4.31 Å². The molecular weight excluding hydrogens is 553 g/mol. The zero-order valence-corrected chi connectivity index (χ0v) is 23.0. The molecule has 0 bridgehead atoms. The third-order valence-electron chi connectivity index (χ3n) is 6.03. The van der Waals surface area contributed by atoms with Gasteiger partial charge in [-0.05, 0) is 48.9 Å². The molecule has 0 radical (unpaired) electrons. The van der Waals surface area contributed by atoms with Crippen LogP contribution >= 0.6 is 34.5 Å². The maximum Gasteiger partial charge on any atom is 0.243 e. The lowest BCUT2D eigenvalue weighted by Crippen LogP contribution is -2.40. The second-order valence-corrected chi connectivity index (χ2v) is 12.1. The third-order valence-corrected chi connectivity index (χ3v) is 9.37. The van der Waals surface area contributed by atoms with Gasteiger partial charge in [0.1, 0.15) is 0 Å². The van der Waals surface area contributed by atoms with Crippen LogP contribution in [0.3, 0.4) is 0 Å². The molecule has 0 aliphatic carbocycles. The minimum Gasteiger partial charge on any atom is -0.379 e. The standard InChI is InChI=1S/C25H25Cl2N5O3S2/c26-19-2-7-23(27)22(16-19)24-17-36-25(32(24)10-1-9-30-11-8-28-18-30)29-20-3-5-21(6-4-20)37(33,34)31-12-14-35-15-13-31/h2-8,11,16-18H,1,9-10,12-15H2. The fourth-order valence-corrected chi connectivity index (χ4v) is 6.85. The molecule has 1 saturated heterocycles. The number of ether oxygens (including phenoxy) is 1. The SMILES string of the molecule is O=S(=O)(c1ccc(N=c2scc(-c3cc(Cl)ccc3Cl)n2CCCn2ccnc2)cc1)N1CCOCC1. The van der Waals surface area contributed by atoms with Crippen molar-refractivity contribution in [2.75, 3.05) is 26.3 Å². The summed E-state index contributed by atoms with van der Waals surface area (Å²) in [5.41, 5.74) is 2.42. The van der Waals surface area contributed by atoms with Crippen LogP contribution in [0.25, 0.3) is 11.3 Å². The summed E-state index contributed by atoms with van der Waals surface area (Å²) in [4.78, 5) is 9.98. The molecule has 4 aromatic rings. The molecule has 2 aromatic carbocycles. The number of imidazole rings is 1. The third kappa shape index (κ3) is 6.00. The molecule has 0 spiro atoms. The van der Waals surface area contributed by atoms with Crippen molar-refractivity contribution in [3.8, 4) is 11.3 Å². The van der Waals surface area contributed by atoms with Crippen molar-refractivity contribution < 1.29 is 13.2 Å². The van der Waals surface area contributed by atoms with Gasteiger partial charge in [-0.3, -0.25) is 0 Å². The molecule has 0 saturated carbocycles. The zero-order valence-electron chi connectivity index (χ0n) is 19.8. The predicted octanol–water partition coefficient (Wildman–Crippen LogP) is 5.06. The Bertz CT molecular complexity index is 1530. The first-order chi connectivity index (χ1) is 17.9. The van der Waals surface area contributed by atoms with E-state index in [2.05, 4.69) is 9.55 Å². The molecule has 194 valence electrons. The number of thiazole rings is 1. The monoisotopic (exact) mass is 577 g/mol. The first-order valence-electron chi connectivity index (χ1n) is 11.7. The van der Waals surface area contributed by atoms with E-state index in [1.807, 2.05) is 22.2 Å². The Morgan fingerprint density at radius 3 is 2.57 bits per heavy atom. The van der Waals surface area contributed by atoms with Gasteiger partial charge in [0, 0.05) is 54.5 Å². The Labute approximate surface area is 229 Å². The van der Waals surface area contributed by atoms with Crippen LogP contribution in [0.2, 0.25) is 10.0 Å². The Morgan fingerprint density at radius 2 is 1.84 bits per heavy atom. The molecule has 3 heterocycles. The lowest BCUT2D eigenvalue weighted by Gasteiger charge is -2.26. The summed E-state index contributed by atoms with van der Waals surface area (Å²) in [5.74, 6) is 0. The second-order valence-electron chi connectivity index (χ2n) is 8.46. The fraction of sp³-hybridized carbons (Fsp3) is 0.280. The van der Waals surface area contributed by atoms with Crippen molar-refractivity contribution in [1.29, 1.82) is 0 Å². The van der Waals surface area contributed by atoms with Crippen LogP contribution in [0, 0.1) is 0 Å². The molecular formula is C25H25Cl2N5O3S2. The quantitative estimate of drug-likeness (QED) is 0.293. The topological polar surface area (TPSA) is 81.7 Å². The Hall–Kier alpha value is -2.47. The van der Waals surface area contributed by atoms with Crippen molar-refractivity contribution >= 4 is 50.2 Å².